The summed E-state index contributed by atoms with van der Waals surface area (Å²) < 4.78 is 0. The van der Waals surface area contributed by atoms with E-state index < -0.39 is 0 Å². The molecule has 0 aromatic heterocycles. The largest absolute Gasteiger partial charge is 0.395 e. The third-order valence-corrected chi connectivity index (χ3v) is 11.1. The molecule has 5 heteroatoms. The van der Waals surface area contributed by atoms with Crippen LogP contribution >= 0.6 is 0 Å². The molecule has 4 fully saturated rings. The number of carbonyl (C=O) groups excluding carboxylic acids is 1. The number of rotatable bonds is 6. The van der Waals surface area contributed by atoms with Gasteiger partial charge in [-0.05, 0) is 97.2 Å². The lowest BCUT2D eigenvalue weighted by Crippen LogP contribution is -2.62. The second kappa shape index (κ2) is 9.19. The summed E-state index contributed by atoms with van der Waals surface area (Å²) in [5.74, 6) is 3.04. The average Bonchev–Trinajstić information content (AvgIpc) is 3.11. The van der Waals surface area contributed by atoms with Gasteiger partial charge in [-0.1, -0.05) is 34.1 Å². The van der Waals surface area contributed by atoms with Crippen molar-refractivity contribution in [2.24, 2.45) is 52.3 Å². The van der Waals surface area contributed by atoms with Crippen molar-refractivity contribution < 1.29 is 20.1 Å². The summed E-state index contributed by atoms with van der Waals surface area (Å²) in [6.45, 7) is 9.72. The summed E-state index contributed by atoms with van der Waals surface area (Å²) in [6.07, 6.45) is 8.61. The van der Waals surface area contributed by atoms with Crippen LogP contribution in [-0.2, 0) is 4.79 Å². The number of fused-ring (bicyclic) bond motifs is 5. The lowest BCUT2D eigenvalue weighted by atomic mass is 9.41. The summed E-state index contributed by atoms with van der Waals surface area (Å²) in [6, 6.07) is 0. The molecule has 0 unspecified atom stereocenters. The van der Waals surface area contributed by atoms with Crippen LogP contribution in [0.1, 0.15) is 85.5 Å². The Morgan fingerprint density at radius 1 is 1.03 bits per heavy atom. The van der Waals surface area contributed by atoms with E-state index in [9.17, 15) is 15.0 Å². The van der Waals surface area contributed by atoms with E-state index in [2.05, 4.69) is 33.0 Å². The van der Waals surface area contributed by atoms with Gasteiger partial charge in [-0.3, -0.25) is 4.79 Å². The average molecular weight is 450 g/mol. The maximum Gasteiger partial charge on any atom is 0.220 e. The van der Waals surface area contributed by atoms with Crippen LogP contribution in [0.5, 0.6) is 0 Å². The summed E-state index contributed by atoms with van der Waals surface area (Å²) in [7, 11) is 0. The fourth-order valence-electron chi connectivity index (χ4n) is 9.63. The molecule has 1 amide bonds. The number of amides is 1. The van der Waals surface area contributed by atoms with E-state index >= 15 is 0 Å². The van der Waals surface area contributed by atoms with Gasteiger partial charge < -0.3 is 20.6 Å². The predicted octanol–water partition coefficient (Wildman–Crippen LogP) is 3.75. The van der Waals surface area contributed by atoms with E-state index in [4.69, 9.17) is 5.11 Å². The van der Waals surface area contributed by atoms with Gasteiger partial charge in [0, 0.05) is 13.0 Å². The molecule has 11 atom stereocenters. The van der Waals surface area contributed by atoms with Gasteiger partial charge in [-0.15, -0.1) is 0 Å². The zero-order valence-corrected chi connectivity index (χ0v) is 20.7. The van der Waals surface area contributed by atoms with Crippen LogP contribution in [0.25, 0.3) is 0 Å². The van der Waals surface area contributed by atoms with Gasteiger partial charge in [0.15, 0.2) is 0 Å². The molecule has 0 spiro atoms. The Balaban J connectivity index is 1.56. The normalized spacial score (nSPS) is 49.0. The fraction of sp³-hybridized carbons (Fsp3) is 0.963. The van der Waals surface area contributed by atoms with E-state index in [1.165, 1.54) is 19.3 Å². The van der Waals surface area contributed by atoms with Crippen LogP contribution in [-0.4, -0.2) is 46.6 Å². The van der Waals surface area contributed by atoms with E-state index in [1.54, 1.807) is 0 Å². The van der Waals surface area contributed by atoms with Crippen molar-refractivity contribution in [2.75, 3.05) is 13.2 Å². The topological polar surface area (TPSA) is 89.8 Å². The van der Waals surface area contributed by atoms with E-state index in [1.807, 2.05) is 0 Å². The molecule has 4 aliphatic rings. The highest BCUT2D eigenvalue weighted by Crippen LogP contribution is 2.69. The first-order valence-corrected chi connectivity index (χ1v) is 13.4. The zero-order valence-electron chi connectivity index (χ0n) is 20.7. The van der Waals surface area contributed by atoms with Crippen LogP contribution < -0.4 is 5.32 Å². The molecule has 184 valence electrons. The summed E-state index contributed by atoms with van der Waals surface area (Å²) >= 11 is 0. The van der Waals surface area contributed by atoms with Crippen molar-refractivity contribution in [2.45, 2.75) is 97.7 Å². The van der Waals surface area contributed by atoms with Crippen molar-refractivity contribution in [1.29, 1.82) is 0 Å². The SMILES string of the molecule is CC[C@H]1[C@@H](O)[C@@H]2[C@H](CC[C@]3(C)[C@@H]([C@H](C)CC(=O)NCCO)CC[C@@H]23)[C@@]2(C)CC[C@@H](O)C[C@@H]12. The number of aliphatic hydroxyl groups excluding tert-OH is 3. The molecule has 0 aromatic carbocycles. The number of aliphatic hydroxyl groups is 3. The van der Waals surface area contributed by atoms with Crippen LogP contribution in [0.3, 0.4) is 0 Å². The van der Waals surface area contributed by atoms with Crippen LogP contribution in [0, 0.1) is 52.3 Å². The molecule has 0 aromatic rings. The zero-order chi connectivity index (χ0) is 23.3. The molecule has 0 aliphatic heterocycles. The van der Waals surface area contributed by atoms with Crippen LogP contribution in [0.4, 0.5) is 0 Å². The van der Waals surface area contributed by atoms with Crippen molar-refractivity contribution in [3.63, 3.8) is 0 Å². The van der Waals surface area contributed by atoms with Crippen molar-refractivity contribution >= 4 is 5.91 Å². The smallest absolute Gasteiger partial charge is 0.220 e. The Kier molecular flexibility index (Phi) is 7.03. The Morgan fingerprint density at radius 3 is 2.41 bits per heavy atom. The van der Waals surface area contributed by atoms with Crippen LogP contribution in [0.15, 0.2) is 0 Å². The molecular formula is C27H47NO4. The Hall–Kier alpha value is -0.650. The molecule has 0 heterocycles. The first-order valence-electron chi connectivity index (χ1n) is 13.4. The molecule has 32 heavy (non-hydrogen) atoms. The van der Waals surface area contributed by atoms with Gasteiger partial charge in [-0.2, -0.15) is 0 Å². The monoisotopic (exact) mass is 449 g/mol. The Morgan fingerprint density at radius 2 is 1.72 bits per heavy atom. The highest BCUT2D eigenvalue weighted by atomic mass is 16.3. The molecule has 4 aliphatic carbocycles. The van der Waals surface area contributed by atoms with E-state index in [0.717, 1.165) is 32.1 Å². The third-order valence-electron chi connectivity index (χ3n) is 11.1. The Bertz CT molecular complexity index is 685. The minimum atomic E-state index is -0.264. The number of hydrogen-bond acceptors (Lipinski definition) is 4. The maximum atomic E-state index is 12.3. The molecular weight excluding hydrogens is 402 g/mol. The molecule has 4 N–H and O–H groups in total. The van der Waals surface area contributed by atoms with Gasteiger partial charge in [-0.25, -0.2) is 0 Å². The first-order chi connectivity index (χ1) is 15.2. The molecule has 4 rings (SSSR count). The van der Waals surface area contributed by atoms with Gasteiger partial charge in [0.1, 0.15) is 0 Å². The molecule has 4 saturated carbocycles. The number of carbonyl (C=O) groups is 1. The number of nitrogens with one attached hydrogen (secondary N) is 1. The van der Waals surface area contributed by atoms with E-state index in [-0.39, 0.29) is 35.6 Å². The van der Waals surface area contributed by atoms with Gasteiger partial charge in [0.25, 0.3) is 0 Å². The second-order valence-electron chi connectivity index (χ2n) is 12.4. The van der Waals surface area contributed by atoms with Crippen LogP contribution in [0.2, 0.25) is 0 Å². The van der Waals surface area contributed by atoms with Crippen molar-refractivity contribution in [3.05, 3.63) is 0 Å². The fourth-order valence-corrected chi connectivity index (χ4v) is 9.63. The third kappa shape index (κ3) is 3.84. The predicted molar refractivity (Wildman–Crippen MR) is 126 cm³/mol. The summed E-state index contributed by atoms with van der Waals surface area (Å²) in [5, 5.41) is 34.0. The quantitative estimate of drug-likeness (QED) is 0.497. The standard InChI is InChI=1S/C27H47NO4/c1-5-18-22-15-17(30)8-10-27(22,4)21-9-11-26(3)19(6-7-20(26)24(21)25(18)32)16(2)14-23(31)28-12-13-29/h16-22,24-25,29-30,32H,5-15H2,1-4H3,(H,28,31)/t16-,17-,18-,19-,20+,21+,22+,24+,25-,26-,27-/m1/s1. The molecule has 0 saturated heterocycles. The van der Waals surface area contributed by atoms with Crippen molar-refractivity contribution in [3.8, 4) is 0 Å². The summed E-state index contributed by atoms with van der Waals surface area (Å²) in [4.78, 5) is 12.3. The minimum Gasteiger partial charge on any atom is -0.395 e. The van der Waals surface area contributed by atoms with Gasteiger partial charge in [0.2, 0.25) is 5.91 Å². The van der Waals surface area contributed by atoms with Crippen molar-refractivity contribution in [1.82, 2.24) is 5.32 Å². The summed E-state index contributed by atoms with van der Waals surface area (Å²) in [5.41, 5.74) is 0.424. The molecule has 5 nitrogen and oxygen atoms in total. The highest BCUT2D eigenvalue weighted by molar-refractivity contribution is 5.76. The first kappa shape index (κ1) is 24.5. The van der Waals surface area contributed by atoms with Gasteiger partial charge in [0.05, 0.1) is 18.8 Å². The lowest BCUT2D eigenvalue weighted by Gasteiger charge is -2.64. The lowest BCUT2D eigenvalue weighted by molar-refractivity contribution is -0.203. The number of hydrogen-bond donors (Lipinski definition) is 4. The van der Waals surface area contributed by atoms with E-state index in [0.29, 0.717) is 54.4 Å². The second-order valence-corrected chi connectivity index (χ2v) is 12.4. The maximum absolute atomic E-state index is 12.3. The molecule has 0 radical (unpaired) electrons. The Labute approximate surface area is 194 Å². The highest BCUT2D eigenvalue weighted by Gasteiger charge is 2.64. The minimum absolute atomic E-state index is 0.0142. The van der Waals surface area contributed by atoms with Gasteiger partial charge >= 0.3 is 0 Å². The molecule has 0 bridgehead atoms.